The molecule has 0 aromatic carbocycles. The maximum absolute atomic E-state index is 8.61. The Kier molecular flexibility index (Phi) is 6.19. The first kappa shape index (κ1) is 9.44. The van der Waals surface area contributed by atoms with Gasteiger partial charge in [-0.25, -0.2) is 0 Å². The lowest BCUT2D eigenvalue weighted by Crippen LogP contribution is -2.18. The van der Waals surface area contributed by atoms with Crippen LogP contribution in [0.4, 0.5) is 0 Å². The summed E-state index contributed by atoms with van der Waals surface area (Å²) in [4.78, 5) is 0. The van der Waals surface area contributed by atoms with Gasteiger partial charge in [-0.3, -0.25) is 0 Å². The van der Waals surface area contributed by atoms with Gasteiger partial charge in [0.25, 0.3) is 0 Å². The lowest BCUT2D eigenvalue weighted by atomic mass is 10.3. The van der Waals surface area contributed by atoms with Crippen molar-refractivity contribution in [3.63, 3.8) is 0 Å². The molecule has 0 rings (SSSR count). The Morgan fingerprint density at radius 2 is 2.40 bits per heavy atom. The maximum Gasteiger partial charge on any atom is 0.146 e. The third-order valence-electron chi connectivity index (χ3n) is 0.971. The summed E-state index contributed by atoms with van der Waals surface area (Å²) in [5.41, 5.74) is 0. The number of terminal acetylenes is 1. The van der Waals surface area contributed by atoms with Crippen LogP contribution in [0.1, 0.15) is 6.42 Å². The largest absolute Gasteiger partial charge is 0.394 e. The summed E-state index contributed by atoms with van der Waals surface area (Å²) >= 11 is 0. The SMILES string of the molecule is C#CC[C@H](CO)OCOC. The molecule has 0 aliphatic heterocycles. The fourth-order valence-electron chi connectivity index (χ4n) is 0.472. The van der Waals surface area contributed by atoms with Gasteiger partial charge in [-0.15, -0.1) is 12.3 Å². The highest BCUT2D eigenvalue weighted by Gasteiger charge is 2.03. The van der Waals surface area contributed by atoms with Crippen molar-refractivity contribution in [2.24, 2.45) is 0 Å². The number of rotatable bonds is 5. The van der Waals surface area contributed by atoms with E-state index in [1.807, 2.05) is 0 Å². The van der Waals surface area contributed by atoms with Gasteiger partial charge in [-0.05, 0) is 0 Å². The summed E-state index contributed by atoms with van der Waals surface area (Å²) < 4.78 is 9.58. The van der Waals surface area contributed by atoms with Gasteiger partial charge in [0.1, 0.15) is 6.79 Å². The molecule has 0 aromatic heterocycles. The molecule has 0 fully saturated rings. The van der Waals surface area contributed by atoms with E-state index in [2.05, 4.69) is 10.7 Å². The van der Waals surface area contributed by atoms with Crippen LogP contribution < -0.4 is 0 Å². The molecule has 0 aliphatic rings. The summed E-state index contributed by atoms with van der Waals surface area (Å²) in [6.07, 6.45) is 5.12. The van der Waals surface area contributed by atoms with E-state index in [0.29, 0.717) is 6.42 Å². The van der Waals surface area contributed by atoms with E-state index in [1.165, 1.54) is 7.11 Å². The zero-order valence-electron chi connectivity index (χ0n) is 6.04. The van der Waals surface area contributed by atoms with E-state index in [-0.39, 0.29) is 19.5 Å². The van der Waals surface area contributed by atoms with Crippen LogP contribution in [0.3, 0.4) is 0 Å². The molecule has 10 heavy (non-hydrogen) atoms. The van der Waals surface area contributed by atoms with Crippen LogP contribution in [0.2, 0.25) is 0 Å². The Hall–Kier alpha value is -0.560. The van der Waals surface area contributed by atoms with Gasteiger partial charge in [-0.1, -0.05) is 0 Å². The van der Waals surface area contributed by atoms with Crippen LogP contribution in [-0.2, 0) is 9.47 Å². The Morgan fingerprint density at radius 1 is 1.70 bits per heavy atom. The Morgan fingerprint density at radius 3 is 2.80 bits per heavy atom. The number of methoxy groups -OCH3 is 1. The smallest absolute Gasteiger partial charge is 0.146 e. The topological polar surface area (TPSA) is 38.7 Å². The van der Waals surface area contributed by atoms with Gasteiger partial charge in [0.15, 0.2) is 0 Å². The van der Waals surface area contributed by atoms with Crippen molar-refractivity contribution < 1.29 is 14.6 Å². The molecular weight excluding hydrogens is 132 g/mol. The molecule has 0 bridgehead atoms. The number of hydrogen-bond donors (Lipinski definition) is 1. The number of aliphatic hydroxyl groups excluding tert-OH is 1. The highest BCUT2D eigenvalue weighted by Crippen LogP contribution is 1.95. The molecule has 1 N–H and O–H groups in total. The second kappa shape index (κ2) is 6.56. The number of hydrogen-bond acceptors (Lipinski definition) is 3. The average Bonchev–Trinajstić information content (AvgIpc) is 1.98. The molecule has 0 saturated heterocycles. The minimum absolute atomic E-state index is 0.0619. The monoisotopic (exact) mass is 144 g/mol. The zero-order chi connectivity index (χ0) is 7.82. The Balaban J connectivity index is 3.32. The quantitative estimate of drug-likeness (QED) is 0.435. The first-order chi connectivity index (χ1) is 4.85. The number of aliphatic hydroxyl groups is 1. The van der Waals surface area contributed by atoms with Crippen molar-refractivity contribution in [2.45, 2.75) is 12.5 Å². The summed E-state index contributed by atoms with van der Waals surface area (Å²) in [6.45, 7) is 0.112. The van der Waals surface area contributed by atoms with E-state index in [0.717, 1.165) is 0 Å². The molecular formula is C7H12O3. The van der Waals surface area contributed by atoms with Crippen molar-refractivity contribution in [1.82, 2.24) is 0 Å². The molecule has 3 nitrogen and oxygen atoms in total. The van der Waals surface area contributed by atoms with Crippen LogP contribution in [0.15, 0.2) is 0 Å². The van der Waals surface area contributed by atoms with Crippen molar-refractivity contribution in [3.05, 3.63) is 0 Å². The lowest BCUT2D eigenvalue weighted by molar-refractivity contribution is -0.0847. The summed E-state index contributed by atoms with van der Waals surface area (Å²) in [6, 6.07) is 0. The average molecular weight is 144 g/mol. The van der Waals surface area contributed by atoms with Crippen LogP contribution in [0, 0.1) is 12.3 Å². The van der Waals surface area contributed by atoms with Crippen LogP contribution in [0.5, 0.6) is 0 Å². The van der Waals surface area contributed by atoms with E-state index >= 15 is 0 Å². The van der Waals surface area contributed by atoms with Gasteiger partial charge in [-0.2, -0.15) is 0 Å². The van der Waals surface area contributed by atoms with Crippen LogP contribution in [-0.4, -0.2) is 31.7 Å². The first-order valence-electron chi connectivity index (χ1n) is 3.00. The Bertz CT molecular complexity index is 106. The third-order valence-corrected chi connectivity index (χ3v) is 0.971. The second-order valence-corrected chi connectivity index (χ2v) is 1.79. The molecule has 0 unspecified atom stereocenters. The zero-order valence-corrected chi connectivity index (χ0v) is 6.04. The fraction of sp³-hybridized carbons (Fsp3) is 0.714. The third kappa shape index (κ3) is 4.33. The lowest BCUT2D eigenvalue weighted by Gasteiger charge is -2.10. The molecule has 0 spiro atoms. The standard InChI is InChI=1S/C7H12O3/c1-3-4-7(5-8)10-6-9-2/h1,7-8H,4-6H2,2H3/t7-/m1/s1. The van der Waals surface area contributed by atoms with Gasteiger partial charge in [0.05, 0.1) is 12.7 Å². The van der Waals surface area contributed by atoms with Crippen LogP contribution in [0.25, 0.3) is 0 Å². The van der Waals surface area contributed by atoms with E-state index in [1.54, 1.807) is 0 Å². The summed E-state index contributed by atoms with van der Waals surface area (Å²) in [5.74, 6) is 2.39. The summed E-state index contributed by atoms with van der Waals surface area (Å²) in [7, 11) is 1.52. The fourth-order valence-corrected chi connectivity index (χ4v) is 0.472. The van der Waals surface area contributed by atoms with Crippen LogP contribution >= 0.6 is 0 Å². The minimum atomic E-state index is -0.287. The van der Waals surface area contributed by atoms with E-state index < -0.39 is 0 Å². The Labute approximate surface area is 60.9 Å². The molecule has 3 heteroatoms. The van der Waals surface area contributed by atoms with Crippen molar-refractivity contribution in [2.75, 3.05) is 20.5 Å². The second-order valence-electron chi connectivity index (χ2n) is 1.79. The van der Waals surface area contributed by atoms with Crippen molar-refractivity contribution in [1.29, 1.82) is 0 Å². The molecule has 0 aliphatic carbocycles. The highest BCUT2D eigenvalue weighted by molar-refractivity contribution is 4.87. The minimum Gasteiger partial charge on any atom is -0.394 e. The normalized spacial score (nSPS) is 12.5. The molecule has 1 atom stereocenters. The van der Waals surface area contributed by atoms with Gasteiger partial charge >= 0.3 is 0 Å². The highest BCUT2D eigenvalue weighted by atomic mass is 16.7. The van der Waals surface area contributed by atoms with Gasteiger partial charge < -0.3 is 14.6 Å². The maximum atomic E-state index is 8.61. The predicted octanol–water partition coefficient (Wildman–Crippen LogP) is -0.00890. The molecule has 0 amide bonds. The van der Waals surface area contributed by atoms with Crippen molar-refractivity contribution >= 4 is 0 Å². The molecule has 0 aromatic rings. The van der Waals surface area contributed by atoms with Crippen molar-refractivity contribution in [3.8, 4) is 12.3 Å². The van der Waals surface area contributed by atoms with E-state index in [4.69, 9.17) is 16.3 Å². The summed E-state index contributed by atoms with van der Waals surface area (Å²) in [5, 5.41) is 8.61. The van der Waals surface area contributed by atoms with E-state index in [9.17, 15) is 0 Å². The molecule has 0 heterocycles. The first-order valence-corrected chi connectivity index (χ1v) is 3.00. The molecule has 0 radical (unpaired) electrons. The number of ether oxygens (including phenoxy) is 2. The van der Waals surface area contributed by atoms with Gasteiger partial charge in [0.2, 0.25) is 0 Å². The molecule has 58 valence electrons. The predicted molar refractivity (Wildman–Crippen MR) is 37.3 cm³/mol. The van der Waals surface area contributed by atoms with Gasteiger partial charge in [0, 0.05) is 13.5 Å². The molecule has 0 saturated carbocycles.